The van der Waals surface area contributed by atoms with Gasteiger partial charge in [0, 0.05) is 5.02 Å². The summed E-state index contributed by atoms with van der Waals surface area (Å²) in [5, 5.41) is 6.30. The van der Waals surface area contributed by atoms with Crippen LogP contribution < -0.4 is 14.5 Å². The average Bonchev–Trinajstić information content (AvgIpc) is 2.92. The van der Waals surface area contributed by atoms with Crippen LogP contribution in [0.3, 0.4) is 0 Å². The van der Waals surface area contributed by atoms with Crippen LogP contribution in [0.2, 0.25) is 5.02 Å². The molecule has 0 N–H and O–H groups in total. The third kappa shape index (κ3) is 4.14. The summed E-state index contributed by atoms with van der Waals surface area (Å²) in [6.45, 7) is 6.74. The number of benzene rings is 2. The molecule has 2 aromatic rings. The van der Waals surface area contributed by atoms with Crippen molar-refractivity contribution in [3.05, 3.63) is 58.6 Å². The quantitative estimate of drug-likeness (QED) is 0.662. The van der Waals surface area contributed by atoms with E-state index in [1.54, 1.807) is 24.3 Å². The summed E-state index contributed by atoms with van der Waals surface area (Å²) in [5.41, 5.74) is 2.65. The zero-order chi connectivity index (χ0) is 19.4. The number of carbonyl (C=O) groups is 1. The Morgan fingerprint density at radius 3 is 2.52 bits per heavy atom. The minimum absolute atomic E-state index is 0.193. The molecule has 0 aliphatic carbocycles. The minimum atomic E-state index is -0.193. The number of carbonyl (C=O) groups excluding carboxylic acids is 1. The number of ether oxygens (including phenoxy) is 2. The van der Waals surface area contributed by atoms with Gasteiger partial charge in [0.15, 0.2) is 11.5 Å². The van der Waals surface area contributed by atoms with Crippen LogP contribution in [0, 0.1) is 0 Å². The zero-order valence-electron chi connectivity index (χ0n) is 15.5. The van der Waals surface area contributed by atoms with Crippen molar-refractivity contribution in [3.8, 4) is 11.5 Å². The van der Waals surface area contributed by atoms with Gasteiger partial charge in [0.25, 0.3) is 5.91 Å². The Morgan fingerprint density at radius 2 is 1.81 bits per heavy atom. The monoisotopic (exact) mass is 384 g/mol. The Balaban J connectivity index is 1.92. The molecule has 0 saturated carbocycles. The van der Waals surface area contributed by atoms with E-state index in [2.05, 4.69) is 5.10 Å². The van der Waals surface area contributed by atoms with Crippen molar-refractivity contribution in [2.24, 2.45) is 5.10 Å². The van der Waals surface area contributed by atoms with Gasteiger partial charge in [0.1, 0.15) is 0 Å². The van der Waals surface area contributed by atoms with Gasteiger partial charge in [-0.1, -0.05) is 23.7 Å². The lowest BCUT2D eigenvalue weighted by atomic mass is 10.1. The summed E-state index contributed by atoms with van der Waals surface area (Å²) in [7, 11) is 0. The Morgan fingerprint density at radius 1 is 1.07 bits per heavy atom. The molecule has 0 unspecified atom stereocenters. The fourth-order valence-electron chi connectivity index (χ4n) is 2.79. The van der Waals surface area contributed by atoms with E-state index in [-0.39, 0.29) is 5.91 Å². The average molecular weight is 385 g/mol. The van der Waals surface area contributed by atoms with Crippen LogP contribution in [0.5, 0.6) is 11.5 Å². The van der Waals surface area contributed by atoms with Gasteiger partial charge in [0.05, 0.1) is 30.2 Å². The molecule has 3 rings (SSSR count). The number of nitrogens with zero attached hydrogens (tertiary/aromatic N) is 2. The topological polar surface area (TPSA) is 51.1 Å². The molecule has 0 bridgehead atoms. The molecule has 1 amide bonds. The third-order valence-electron chi connectivity index (χ3n) is 3.99. The van der Waals surface area contributed by atoms with Gasteiger partial charge in [-0.25, -0.2) is 0 Å². The first-order valence-electron chi connectivity index (χ1n) is 8.80. The van der Waals surface area contributed by atoms with Gasteiger partial charge in [-0.2, -0.15) is 10.1 Å². The summed E-state index contributed by atoms with van der Waals surface area (Å²) in [5.74, 6) is 1.15. The molecule has 0 saturated heterocycles. The summed E-state index contributed by atoms with van der Waals surface area (Å²) in [6, 6.07) is 12.7. The lowest BCUT2D eigenvalue weighted by Gasteiger charge is -2.12. The van der Waals surface area contributed by atoms with Gasteiger partial charge in [-0.15, -0.1) is 0 Å². The lowest BCUT2D eigenvalue weighted by molar-refractivity contribution is -0.114. The number of anilines is 1. The highest BCUT2D eigenvalue weighted by molar-refractivity contribution is 6.33. The van der Waals surface area contributed by atoms with Gasteiger partial charge >= 0.3 is 0 Å². The molecule has 0 radical (unpaired) electrons. The van der Waals surface area contributed by atoms with Crippen molar-refractivity contribution in [2.45, 2.75) is 20.8 Å². The van der Waals surface area contributed by atoms with Crippen LogP contribution in [0.25, 0.3) is 6.08 Å². The molecule has 27 heavy (non-hydrogen) atoms. The van der Waals surface area contributed by atoms with Gasteiger partial charge < -0.3 is 9.47 Å². The molecule has 5 nitrogen and oxygen atoms in total. The van der Waals surface area contributed by atoms with E-state index in [4.69, 9.17) is 21.1 Å². The molecule has 1 heterocycles. The second kappa shape index (κ2) is 8.27. The molecule has 140 valence electrons. The number of hydrogen-bond donors (Lipinski definition) is 0. The SMILES string of the molecule is CCOc1ccc(C=C2C(=O)N(c3cccc(Cl)c3)N=C2C)cc1OCC. The maximum absolute atomic E-state index is 12.9. The largest absolute Gasteiger partial charge is 0.490 e. The van der Waals surface area contributed by atoms with Crippen molar-refractivity contribution >= 4 is 35.0 Å². The smallest absolute Gasteiger partial charge is 0.280 e. The van der Waals surface area contributed by atoms with Crippen molar-refractivity contribution in [1.82, 2.24) is 0 Å². The number of halogens is 1. The zero-order valence-corrected chi connectivity index (χ0v) is 16.3. The highest BCUT2D eigenvalue weighted by Gasteiger charge is 2.28. The number of hydrazone groups is 1. The van der Waals surface area contributed by atoms with Crippen LogP contribution in [0.4, 0.5) is 5.69 Å². The molecule has 6 heteroatoms. The Hall–Kier alpha value is -2.79. The van der Waals surface area contributed by atoms with Gasteiger partial charge in [0.2, 0.25) is 0 Å². The normalized spacial score (nSPS) is 15.3. The van der Waals surface area contributed by atoms with Crippen molar-refractivity contribution in [2.75, 3.05) is 18.2 Å². The van der Waals surface area contributed by atoms with Crippen molar-refractivity contribution in [3.63, 3.8) is 0 Å². The first kappa shape index (κ1) is 19.0. The van der Waals surface area contributed by atoms with E-state index in [0.29, 0.717) is 46.7 Å². The fourth-order valence-corrected chi connectivity index (χ4v) is 2.98. The number of amides is 1. The molecule has 0 atom stereocenters. The Labute approximate surface area is 163 Å². The summed E-state index contributed by atoms with van der Waals surface area (Å²) < 4.78 is 11.2. The van der Waals surface area contributed by atoms with E-state index in [0.717, 1.165) is 5.56 Å². The van der Waals surface area contributed by atoms with Crippen molar-refractivity contribution < 1.29 is 14.3 Å². The van der Waals surface area contributed by atoms with E-state index in [1.807, 2.05) is 45.0 Å². The number of hydrogen-bond acceptors (Lipinski definition) is 4. The molecular formula is C21H21ClN2O3. The molecule has 1 aliphatic heterocycles. The summed E-state index contributed by atoms with van der Waals surface area (Å²) in [6.07, 6.45) is 1.81. The van der Waals surface area contributed by atoms with Crippen LogP contribution in [0.1, 0.15) is 26.3 Å². The molecule has 0 spiro atoms. The Kier molecular flexibility index (Phi) is 5.81. The summed E-state index contributed by atoms with van der Waals surface area (Å²) >= 11 is 6.03. The first-order valence-corrected chi connectivity index (χ1v) is 9.18. The molecule has 0 fully saturated rings. The van der Waals surface area contributed by atoms with E-state index in [1.165, 1.54) is 5.01 Å². The van der Waals surface area contributed by atoms with E-state index < -0.39 is 0 Å². The molecule has 2 aromatic carbocycles. The van der Waals surface area contributed by atoms with E-state index >= 15 is 0 Å². The predicted molar refractivity (Wildman–Crippen MR) is 109 cm³/mol. The first-order chi connectivity index (χ1) is 13.0. The van der Waals surface area contributed by atoms with E-state index in [9.17, 15) is 4.79 Å². The molecular weight excluding hydrogens is 364 g/mol. The number of rotatable bonds is 6. The van der Waals surface area contributed by atoms with Crippen LogP contribution in [0.15, 0.2) is 53.1 Å². The summed E-state index contributed by atoms with van der Waals surface area (Å²) in [4.78, 5) is 12.9. The lowest BCUT2D eigenvalue weighted by Crippen LogP contribution is -2.21. The maximum Gasteiger partial charge on any atom is 0.280 e. The fraction of sp³-hybridized carbons (Fsp3) is 0.238. The highest BCUT2D eigenvalue weighted by atomic mass is 35.5. The molecule has 1 aliphatic rings. The molecule has 0 aromatic heterocycles. The maximum atomic E-state index is 12.9. The second-order valence-corrected chi connectivity index (χ2v) is 6.35. The van der Waals surface area contributed by atoms with Gasteiger partial charge in [-0.3, -0.25) is 4.79 Å². The van der Waals surface area contributed by atoms with Crippen LogP contribution >= 0.6 is 11.6 Å². The predicted octanol–water partition coefficient (Wildman–Crippen LogP) is 4.94. The third-order valence-corrected chi connectivity index (χ3v) is 4.23. The Bertz CT molecular complexity index is 921. The minimum Gasteiger partial charge on any atom is -0.490 e. The highest BCUT2D eigenvalue weighted by Crippen LogP contribution is 2.31. The van der Waals surface area contributed by atoms with Gasteiger partial charge in [-0.05, 0) is 62.7 Å². The van der Waals surface area contributed by atoms with Crippen molar-refractivity contribution in [1.29, 1.82) is 0 Å². The second-order valence-electron chi connectivity index (χ2n) is 5.91. The van der Waals surface area contributed by atoms with Crippen LogP contribution in [-0.2, 0) is 4.79 Å². The standard InChI is InChI=1S/C21H21ClN2O3/c1-4-26-19-10-9-15(12-20(19)27-5-2)11-18-14(3)23-24(21(18)25)17-8-6-7-16(22)13-17/h6-13H,4-5H2,1-3H3. The van der Waals surface area contributed by atoms with Crippen LogP contribution in [-0.4, -0.2) is 24.8 Å².